The Kier molecular flexibility index (Phi) is 4.31. The van der Waals surface area contributed by atoms with Gasteiger partial charge in [0.05, 0.1) is 5.69 Å². The molecular formula is C15H17NO2. The Morgan fingerprint density at radius 1 is 1.11 bits per heavy atom. The van der Waals surface area contributed by atoms with Crippen molar-refractivity contribution in [3.05, 3.63) is 59.4 Å². The largest absolute Gasteiger partial charge is 0.487 e. The van der Waals surface area contributed by atoms with Gasteiger partial charge in [0, 0.05) is 12.3 Å². The molecule has 0 aliphatic rings. The first-order valence-electron chi connectivity index (χ1n) is 6.03. The third kappa shape index (κ3) is 3.57. The van der Waals surface area contributed by atoms with Gasteiger partial charge in [-0.1, -0.05) is 18.2 Å². The summed E-state index contributed by atoms with van der Waals surface area (Å²) in [5, 5.41) is 8.83. The fraction of sp³-hybridized carbons (Fsp3) is 0.267. The Hall–Kier alpha value is -1.87. The van der Waals surface area contributed by atoms with Gasteiger partial charge in [0.25, 0.3) is 0 Å². The summed E-state index contributed by atoms with van der Waals surface area (Å²) in [7, 11) is 0. The van der Waals surface area contributed by atoms with Gasteiger partial charge >= 0.3 is 0 Å². The Labute approximate surface area is 107 Å². The second-order valence-corrected chi connectivity index (χ2v) is 4.18. The van der Waals surface area contributed by atoms with Crippen molar-refractivity contribution in [2.75, 3.05) is 6.61 Å². The molecule has 0 aliphatic carbocycles. The lowest BCUT2D eigenvalue weighted by molar-refractivity contribution is 0.297. The third-order valence-electron chi connectivity index (χ3n) is 2.66. The van der Waals surface area contributed by atoms with E-state index in [-0.39, 0.29) is 6.61 Å². The van der Waals surface area contributed by atoms with Crippen LogP contribution in [0.2, 0.25) is 0 Å². The van der Waals surface area contributed by atoms with Gasteiger partial charge in [-0.2, -0.15) is 0 Å². The van der Waals surface area contributed by atoms with Gasteiger partial charge in [0.2, 0.25) is 0 Å². The molecule has 0 aliphatic heterocycles. The lowest BCUT2D eigenvalue weighted by Gasteiger charge is -2.07. The fourth-order valence-electron chi connectivity index (χ4n) is 1.72. The van der Waals surface area contributed by atoms with Crippen LogP contribution < -0.4 is 4.74 Å². The molecule has 0 radical (unpaired) electrons. The number of nitrogens with zero attached hydrogens (tertiary/aromatic N) is 1. The van der Waals surface area contributed by atoms with Crippen molar-refractivity contribution in [3.8, 4) is 5.75 Å². The van der Waals surface area contributed by atoms with E-state index in [4.69, 9.17) is 9.84 Å². The van der Waals surface area contributed by atoms with Crippen LogP contribution in [-0.2, 0) is 13.0 Å². The predicted octanol–water partition coefficient (Wildman–Crippen LogP) is 2.50. The average molecular weight is 243 g/mol. The summed E-state index contributed by atoms with van der Waals surface area (Å²) in [5.74, 6) is 0.819. The van der Waals surface area contributed by atoms with Crippen molar-refractivity contribution in [3.63, 3.8) is 0 Å². The first kappa shape index (κ1) is 12.6. The Morgan fingerprint density at radius 2 is 1.89 bits per heavy atom. The van der Waals surface area contributed by atoms with E-state index in [0.717, 1.165) is 22.7 Å². The van der Waals surface area contributed by atoms with Crippen molar-refractivity contribution in [2.45, 2.75) is 20.0 Å². The molecule has 0 amide bonds. The van der Waals surface area contributed by atoms with E-state index in [2.05, 4.69) is 4.98 Å². The van der Waals surface area contributed by atoms with Crippen LogP contribution in [0, 0.1) is 6.92 Å². The Balaban J connectivity index is 1.93. The van der Waals surface area contributed by atoms with E-state index in [1.54, 1.807) is 0 Å². The van der Waals surface area contributed by atoms with Gasteiger partial charge < -0.3 is 9.84 Å². The molecule has 94 valence electrons. The van der Waals surface area contributed by atoms with E-state index in [9.17, 15) is 0 Å². The van der Waals surface area contributed by atoms with Gasteiger partial charge in [-0.3, -0.25) is 4.98 Å². The van der Waals surface area contributed by atoms with E-state index < -0.39 is 0 Å². The summed E-state index contributed by atoms with van der Waals surface area (Å²) in [4.78, 5) is 4.38. The van der Waals surface area contributed by atoms with Crippen LogP contribution in [0.4, 0.5) is 0 Å². The highest BCUT2D eigenvalue weighted by molar-refractivity contribution is 5.27. The topological polar surface area (TPSA) is 42.4 Å². The minimum Gasteiger partial charge on any atom is -0.487 e. The molecule has 3 heteroatoms. The molecule has 1 heterocycles. The standard InChI is InChI=1S/C15H17NO2/c1-12-3-2-4-14(16-12)11-18-15-7-5-13(6-8-15)9-10-17/h2-8,17H,9-11H2,1H3. The van der Waals surface area contributed by atoms with Gasteiger partial charge in [0.15, 0.2) is 0 Å². The number of aliphatic hydroxyl groups is 1. The highest BCUT2D eigenvalue weighted by Crippen LogP contribution is 2.14. The van der Waals surface area contributed by atoms with Gasteiger partial charge in [-0.25, -0.2) is 0 Å². The zero-order valence-corrected chi connectivity index (χ0v) is 10.5. The summed E-state index contributed by atoms with van der Waals surface area (Å²) in [6.07, 6.45) is 0.680. The minimum absolute atomic E-state index is 0.174. The van der Waals surface area contributed by atoms with Gasteiger partial charge in [-0.05, 0) is 43.2 Å². The molecule has 2 aromatic rings. The van der Waals surface area contributed by atoms with E-state index in [1.165, 1.54) is 0 Å². The fourth-order valence-corrected chi connectivity index (χ4v) is 1.72. The maximum absolute atomic E-state index is 8.83. The smallest absolute Gasteiger partial charge is 0.130 e. The number of benzene rings is 1. The number of ether oxygens (including phenoxy) is 1. The quantitative estimate of drug-likeness (QED) is 0.877. The molecule has 1 aromatic heterocycles. The molecule has 0 bridgehead atoms. The normalized spacial score (nSPS) is 10.3. The lowest BCUT2D eigenvalue weighted by atomic mass is 10.1. The van der Waals surface area contributed by atoms with Crippen molar-refractivity contribution in [1.29, 1.82) is 0 Å². The minimum atomic E-state index is 0.174. The van der Waals surface area contributed by atoms with Crippen molar-refractivity contribution >= 4 is 0 Å². The van der Waals surface area contributed by atoms with Crippen molar-refractivity contribution in [1.82, 2.24) is 4.98 Å². The number of aliphatic hydroxyl groups excluding tert-OH is 1. The predicted molar refractivity (Wildman–Crippen MR) is 70.5 cm³/mol. The first-order valence-corrected chi connectivity index (χ1v) is 6.03. The molecule has 3 nitrogen and oxygen atoms in total. The van der Waals surface area contributed by atoms with Gasteiger partial charge in [-0.15, -0.1) is 0 Å². The van der Waals surface area contributed by atoms with E-state index in [1.807, 2.05) is 49.4 Å². The van der Waals surface area contributed by atoms with Crippen LogP contribution in [0.5, 0.6) is 5.75 Å². The Morgan fingerprint density at radius 3 is 2.56 bits per heavy atom. The summed E-state index contributed by atoms with van der Waals surface area (Å²) < 4.78 is 5.66. The van der Waals surface area contributed by atoms with Crippen molar-refractivity contribution < 1.29 is 9.84 Å². The van der Waals surface area contributed by atoms with Crippen LogP contribution in [0.3, 0.4) is 0 Å². The second-order valence-electron chi connectivity index (χ2n) is 4.18. The van der Waals surface area contributed by atoms with E-state index in [0.29, 0.717) is 13.0 Å². The number of hydrogen-bond donors (Lipinski definition) is 1. The average Bonchev–Trinajstić information content (AvgIpc) is 2.38. The highest BCUT2D eigenvalue weighted by atomic mass is 16.5. The number of aromatic nitrogens is 1. The van der Waals surface area contributed by atoms with Gasteiger partial charge in [0.1, 0.15) is 12.4 Å². The summed E-state index contributed by atoms with van der Waals surface area (Å²) >= 11 is 0. The highest BCUT2D eigenvalue weighted by Gasteiger charge is 1.98. The Bertz CT molecular complexity index is 494. The van der Waals surface area contributed by atoms with Crippen molar-refractivity contribution in [2.24, 2.45) is 0 Å². The molecule has 0 atom stereocenters. The van der Waals surface area contributed by atoms with Crippen LogP contribution in [0.15, 0.2) is 42.5 Å². The molecule has 0 unspecified atom stereocenters. The molecule has 0 saturated heterocycles. The van der Waals surface area contributed by atoms with Crippen LogP contribution in [0.25, 0.3) is 0 Å². The number of aryl methyl sites for hydroxylation is 1. The zero-order valence-electron chi connectivity index (χ0n) is 10.5. The molecule has 18 heavy (non-hydrogen) atoms. The third-order valence-corrected chi connectivity index (χ3v) is 2.66. The molecule has 0 saturated carbocycles. The second kappa shape index (κ2) is 6.17. The molecule has 0 fully saturated rings. The zero-order chi connectivity index (χ0) is 12.8. The summed E-state index contributed by atoms with van der Waals surface area (Å²) in [6.45, 7) is 2.61. The molecule has 0 spiro atoms. The molecule has 1 aromatic carbocycles. The SMILES string of the molecule is Cc1cccc(COc2ccc(CCO)cc2)n1. The number of hydrogen-bond acceptors (Lipinski definition) is 3. The number of pyridine rings is 1. The lowest BCUT2D eigenvalue weighted by Crippen LogP contribution is -1.99. The van der Waals surface area contributed by atoms with Crippen LogP contribution >= 0.6 is 0 Å². The monoisotopic (exact) mass is 243 g/mol. The maximum atomic E-state index is 8.83. The first-order chi connectivity index (χ1) is 8.78. The number of rotatable bonds is 5. The molecular weight excluding hydrogens is 226 g/mol. The van der Waals surface area contributed by atoms with Crippen LogP contribution in [0.1, 0.15) is 17.0 Å². The summed E-state index contributed by atoms with van der Waals surface area (Å²) in [5.41, 5.74) is 3.03. The van der Waals surface area contributed by atoms with E-state index >= 15 is 0 Å². The molecule has 2 rings (SSSR count). The van der Waals surface area contributed by atoms with Crippen LogP contribution in [-0.4, -0.2) is 16.7 Å². The summed E-state index contributed by atoms with van der Waals surface area (Å²) in [6, 6.07) is 13.7. The maximum Gasteiger partial charge on any atom is 0.130 e. The molecule has 1 N–H and O–H groups in total.